The van der Waals surface area contributed by atoms with Crippen LogP contribution in [0.25, 0.3) is 0 Å². The second kappa shape index (κ2) is 7.71. The van der Waals surface area contributed by atoms with Gasteiger partial charge in [0.05, 0.1) is 12.0 Å². The quantitative estimate of drug-likeness (QED) is 0.782. The second-order valence-electron chi connectivity index (χ2n) is 9.02. The number of carbonyl (C=O) groups excluding carboxylic acids is 1. The van der Waals surface area contributed by atoms with E-state index < -0.39 is 0 Å². The van der Waals surface area contributed by atoms with Gasteiger partial charge in [-0.15, -0.1) is 0 Å². The van der Waals surface area contributed by atoms with E-state index in [0.29, 0.717) is 30.3 Å². The van der Waals surface area contributed by atoms with E-state index in [1.165, 1.54) is 44.2 Å². The summed E-state index contributed by atoms with van der Waals surface area (Å²) in [5.41, 5.74) is 1.32. The van der Waals surface area contributed by atoms with E-state index in [-0.39, 0.29) is 0 Å². The third-order valence-corrected chi connectivity index (χ3v) is 6.58. The topological polar surface area (TPSA) is 41.4 Å². The highest BCUT2D eigenvalue weighted by Crippen LogP contribution is 2.33. The van der Waals surface area contributed by atoms with Gasteiger partial charge in [-0.05, 0) is 37.5 Å². The van der Waals surface area contributed by atoms with E-state index >= 15 is 0 Å². The summed E-state index contributed by atoms with van der Waals surface area (Å²) in [5, 5.41) is 0. The van der Waals surface area contributed by atoms with E-state index in [1.807, 2.05) is 12.5 Å². The van der Waals surface area contributed by atoms with Crippen LogP contribution in [0.3, 0.4) is 0 Å². The van der Waals surface area contributed by atoms with Crippen LogP contribution >= 0.6 is 0 Å². The Bertz CT molecular complexity index is 615. The fraction of sp³-hybridized carbons (Fsp3) is 0.810. The summed E-state index contributed by atoms with van der Waals surface area (Å²) in [4.78, 5) is 22.0. The maximum Gasteiger partial charge on any atom is 0.224 e. The average molecular weight is 359 g/mol. The lowest BCUT2D eigenvalue weighted by Gasteiger charge is -2.35. The molecule has 5 heteroatoms. The first kappa shape index (κ1) is 18.0. The smallest absolute Gasteiger partial charge is 0.224 e. The summed E-state index contributed by atoms with van der Waals surface area (Å²) in [6.45, 7) is 8.30. The first-order valence-electron chi connectivity index (χ1n) is 10.6. The van der Waals surface area contributed by atoms with Crippen molar-refractivity contribution in [2.45, 2.75) is 77.4 Å². The number of amides is 1. The molecule has 0 aromatic carbocycles. The third kappa shape index (κ3) is 3.98. The van der Waals surface area contributed by atoms with E-state index in [2.05, 4.69) is 33.2 Å². The number of imidazole rings is 1. The summed E-state index contributed by atoms with van der Waals surface area (Å²) in [7, 11) is 0. The Labute approximate surface area is 157 Å². The number of hydrogen-bond donors (Lipinski definition) is 0. The molecule has 1 saturated heterocycles. The van der Waals surface area contributed by atoms with Gasteiger partial charge in [-0.3, -0.25) is 9.69 Å². The van der Waals surface area contributed by atoms with Gasteiger partial charge in [-0.25, -0.2) is 4.98 Å². The summed E-state index contributed by atoms with van der Waals surface area (Å²) in [5.74, 6) is 1.62. The molecule has 2 heterocycles. The molecule has 0 unspecified atom stereocenters. The third-order valence-electron chi connectivity index (χ3n) is 6.58. The average Bonchev–Trinajstić information content (AvgIpc) is 3.11. The number of rotatable bonds is 6. The maximum atomic E-state index is 12.8. The molecule has 2 saturated carbocycles. The predicted octanol–water partition coefficient (Wildman–Crippen LogP) is 3.47. The Kier molecular flexibility index (Phi) is 5.35. The van der Waals surface area contributed by atoms with Crippen LogP contribution in [0, 0.1) is 11.8 Å². The van der Waals surface area contributed by atoms with Crippen molar-refractivity contribution in [1.82, 2.24) is 19.4 Å². The van der Waals surface area contributed by atoms with Crippen LogP contribution < -0.4 is 0 Å². The Balaban J connectivity index is 1.47. The van der Waals surface area contributed by atoms with Crippen LogP contribution in [0.15, 0.2) is 12.5 Å². The molecule has 1 amide bonds. The summed E-state index contributed by atoms with van der Waals surface area (Å²) >= 11 is 0. The van der Waals surface area contributed by atoms with Crippen LogP contribution in [0.5, 0.6) is 0 Å². The number of nitrogens with zero attached hydrogens (tertiary/aromatic N) is 4. The van der Waals surface area contributed by atoms with E-state index in [0.717, 1.165) is 32.1 Å². The molecule has 2 aliphatic carbocycles. The van der Waals surface area contributed by atoms with Gasteiger partial charge in [-0.1, -0.05) is 26.7 Å². The first-order valence-corrected chi connectivity index (χ1v) is 10.6. The molecule has 1 aromatic rings. The zero-order valence-electron chi connectivity index (χ0n) is 16.4. The standard InChI is InChI=1S/C21H34N4O/c1-16(2)20-14-23(10-9-21(26)24(20)12-17-7-8-17)13-19-11-22-15-25(19)18-5-3-4-6-18/h11,15-18,20H,3-10,12-14H2,1-2H3/t20-/m0/s1. The van der Waals surface area contributed by atoms with Crippen LogP contribution in [-0.4, -0.2) is 50.9 Å². The molecule has 3 fully saturated rings. The lowest BCUT2D eigenvalue weighted by molar-refractivity contribution is -0.133. The minimum atomic E-state index is 0.341. The van der Waals surface area contributed by atoms with Crippen molar-refractivity contribution in [1.29, 1.82) is 0 Å². The number of carbonyl (C=O) groups is 1. The van der Waals surface area contributed by atoms with Crippen LogP contribution in [0.4, 0.5) is 0 Å². The van der Waals surface area contributed by atoms with Gasteiger partial charge in [0.1, 0.15) is 0 Å². The van der Waals surface area contributed by atoms with Gasteiger partial charge in [0.25, 0.3) is 0 Å². The van der Waals surface area contributed by atoms with Gasteiger partial charge in [0.2, 0.25) is 5.91 Å². The summed E-state index contributed by atoms with van der Waals surface area (Å²) < 4.78 is 2.41. The van der Waals surface area contributed by atoms with Gasteiger partial charge in [0.15, 0.2) is 0 Å². The number of hydrogen-bond acceptors (Lipinski definition) is 3. The lowest BCUT2D eigenvalue weighted by atomic mass is 10.0. The Hall–Kier alpha value is -1.36. The van der Waals surface area contributed by atoms with Crippen LogP contribution in [0.1, 0.15) is 70.5 Å². The Morgan fingerprint density at radius 3 is 2.65 bits per heavy atom. The van der Waals surface area contributed by atoms with Crippen molar-refractivity contribution >= 4 is 5.91 Å². The maximum absolute atomic E-state index is 12.8. The highest BCUT2D eigenvalue weighted by molar-refractivity contribution is 5.77. The second-order valence-corrected chi connectivity index (χ2v) is 9.02. The van der Waals surface area contributed by atoms with Gasteiger partial charge >= 0.3 is 0 Å². The van der Waals surface area contributed by atoms with Gasteiger partial charge < -0.3 is 9.47 Å². The van der Waals surface area contributed by atoms with Crippen LogP contribution in [0.2, 0.25) is 0 Å². The fourth-order valence-electron chi connectivity index (χ4n) is 4.76. The molecule has 3 aliphatic rings. The molecule has 1 atom stereocenters. The molecule has 1 aliphatic heterocycles. The molecular formula is C21H34N4O. The first-order chi connectivity index (χ1) is 12.6. The monoisotopic (exact) mass is 358 g/mol. The molecule has 5 nitrogen and oxygen atoms in total. The highest BCUT2D eigenvalue weighted by atomic mass is 16.2. The van der Waals surface area contributed by atoms with Crippen molar-refractivity contribution < 1.29 is 4.79 Å². The van der Waals surface area contributed by atoms with E-state index in [4.69, 9.17) is 0 Å². The van der Waals surface area contributed by atoms with Crippen molar-refractivity contribution in [3.8, 4) is 0 Å². The normalized spacial score (nSPS) is 26.0. The van der Waals surface area contributed by atoms with E-state index in [9.17, 15) is 4.79 Å². The molecule has 0 bridgehead atoms. The summed E-state index contributed by atoms with van der Waals surface area (Å²) in [6.07, 6.45) is 12.6. The largest absolute Gasteiger partial charge is 0.338 e. The lowest BCUT2D eigenvalue weighted by Crippen LogP contribution is -2.47. The van der Waals surface area contributed by atoms with Crippen LogP contribution in [-0.2, 0) is 11.3 Å². The summed E-state index contributed by atoms with van der Waals surface area (Å²) in [6, 6.07) is 0.974. The Morgan fingerprint density at radius 1 is 1.19 bits per heavy atom. The molecule has 144 valence electrons. The van der Waals surface area contributed by atoms with Gasteiger partial charge in [-0.2, -0.15) is 0 Å². The fourth-order valence-corrected chi connectivity index (χ4v) is 4.76. The minimum absolute atomic E-state index is 0.341. The molecule has 0 spiro atoms. The van der Waals surface area contributed by atoms with Crippen molar-refractivity contribution in [2.24, 2.45) is 11.8 Å². The predicted molar refractivity (Wildman–Crippen MR) is 103 cm³/mol. The van der Waals surface area contributed by atoms with Crippen molar-refractivity contribution in [2.75, 3.05) is 19.6 Å². The van der Waals surface area contributed by atoms with Crippen molar-refractivity contribution in [3.63, 3.8) is 0 Å². The number of aromatic nitrogens is 2. The zero-order valence-corrected chi connectivity index (χ0v) is 16.4. The zero-order chi connectivity index (χ0) is 18.1. The molecule has 26 heavy (non-hydrogen) atoms. The molecular weight excluding hydrogens is 324 g/mol. The molecule has 0 N–H and O–H groups in total. The Morgan fingerprint density at radius 2 is 1.96 bits per heavy atom. The SMILES string of the molecule is CC(C)[C@@H]1CN(Cc2cncn2C2CCCC2)CCC(=O)N1CC1CC1. The van der Waals surface area contributed by atoms with Crippen molar-refractivity contribution in [3.05, 3.63) is 18.2 Å². The van der Waals surface area contributed by atoms with E-state index in [1.54, 1.807) is 0 Å². The molecule has 0 radical (unpaired) electrons. The molecule has 4 rings (SSSR count). The minimum Gasteiger partial charge on any atom is -0.338 e. The van der Waals surface area contributed by atoms with Gasteiger partial charge in [0, 0.05) is 50.9 Å². The highest BCUT2D eigenvalue weighted by Gasteiger charge is 2.35. The molecule has 1 aromatic heterocycles.